The minimum absolute atomic E-state index is 0.00130. The topological polar surface area (TPSA) is 209 Å². The molecule has 0 spiro atoms. The van der Waals surface area contributed by atoms with Gasteiger partial charge >= 0.3 is 37.3 Å². The van der Waals surface area contributed by atoms with Crippen molar-refractivity contribution in [2.75, 3.05) is 25.1 Å². The van der Waals surface area contributed by atoms with Gasteiger partial charge < -0.3 is 33.5 Å². The number of halogens is 2. The number of alkyl halides is 2. The number of Topliss-reactive ketones (excluding diaryl/α,β-unsaturated/α-hetero) is 1. The number of hydrogen-bond donors (Lipinski definition) is 2. The Morgan fingerprint density at radius 3 is 2.02 bits per heavy atom. The zero-order valence-corrected chi connectivity index (χ0v) is 35.1. The Hall–Kier alpha value is -5.85. The second-order valence-corrected chi connectivity index (χ2v) is 16.0. The molecule has 62 heavy (non-hydrogen) atoms. The Morgan fingerprint density at radius 2 is 1.44 bits per heavy atom. The van der Waals surface area contributed by atoms with Gasteiger partial charge in [-0.3, -0.25) is 23.5 Å². The highest BCUT2D eigenvalue weighted by molar-refractivity contribution is 7.52. The van der Waals surface area contributed by atoms with Crippen LogP contribution in [-0.4, -0.2) is 83.3 Å². The minimum atomic E-state index is -4.72. The fraction of sp³-hybridized carbons (Fsp3) is 0.381. The molecule has 0 bridgehead atoms. The van der Waals surface area contributed by atoms with Crippen LogP contribution >= 0.6 is 7.75 Å². The fourth-order valence-corrected chi connectivity index (χ4v) is 7.37. The van der Waals surface area contributed by atoms with Gasteiger partial charge in [-0.1, -0.05) is 92.7 Å². The number of carbonyl (C=O) groups excluding carboxylic acids is 4. The van der Waals surface area contributed by atoms with Gasteiger partial charge in [0, 0.05) is 12.1 Å². The summed E-state index contributed by atoms with van der Waals surface area (Å²) in [6.45, 7) is 3.33. The lowest BCUT2D eigenvalue weighted by Gasteiger charge is -2.26. The molecule has 0 radical (unpaired) electrons. The number of rotatable bonds is 22. The monoisotopic (exact) mass is 884 g/mol. The molecule has 6 atom stereocenters. The van der Waals surface area contributed by atoms with E-state index in [4.69, 9.17) is 32.7 Å². The predicted octanol–water partition coefficient (Wildman–Crippen LogP) is 5.40. The molecule has 1 saturated heterocycles. The molecular formula is C42H47F2N4O13P. The summed E-state index contributed by atoms with van der Waals surface area (Å²) in [5.74, 6) is -7.75. The Kier molecular flexibility index (Phi) is 16.6. The second-order valence-electron chi connectivity index (χ2n) is 14.3. The molecule has 0 saturated carbocycles. The van der Waals surface area contributed by atoms with Crippen molar-refractivity contribution in [3.63, 3.8) is 0 Å². The highest BCUT2D eigenvalue weighted by Crippen LogP contribution is 2.48. The lowest BCUT2D eigenvalue weighted by Crippen LogP contribution is -2.44. The highest BCUT2D eigenvalue weighted by Gasteiger charge is 2.61. The summed E-state index contributed by atoms with van der Waals surface area (Å²) in [5, 5.41) is 5.02. The molecule has 1 unspecified atom stereocenters. The van der Waals surface area contributed by atoms with E-state index in [2.05, 4.69) is 15.4 Å². The van der Waals surface area contributed by atoms with Crippen LogP contribution in [0.15, 0.2) is 108 Å². The standard InChI is InChI=1S/C42H47F2N4O13P/c1-27(2)37(51)29(4)59-39(52)28(3)47-62(54,61-32-18-12-7-13-19-32)58-25-33-38(57-26-36(50)56-24-31-16-10-6-11-17-31)42(43,44)40(60-33)48-21-20-34(46-41(48)53)45-22-35(49)55-23-30-14-8-5-9-15-30/h5-21,27-29,33,38,40H,22-26H2,1-4H3,(H,47,54)(H,45,46,53)/t28-,29-,33+,38+,40+,62?/m0/s1. The van der Waals surface area contributed by atoms with E-state index >= 15 is 8.78 Å². The van der Waals surface area contributed by atoms with E-state index in [1.165, 1.54) is 26.0 Å². The highest BCUT2D eigenvalue weighted by atomic mass is 31.2. The van der Waals surface area contributed by atoms with E-state index < -0.39 is 93.5 Å². The first-order valence-electron chi connectivity index (χ1n) is 19.4. The van der Waals surface area contributed by atoms with E-state index in [1.807, 2.05) is 6.07 Å². The summed E-state index contributed by atoms with van der Waals surface area (Å²) in [7, 11) is -4.72. The third-order valence-electron chi connectivity index (χ3n) is 9.06. The van der Waals surface area contributed by atoms with Gasteiger partial charge in [-0.05, 0) is 43.2 Å². The number of para-hydroxylation sites is 1. The van der Waals surface area contributed by atoms with Crippen LogP contribution in [0.2, 0.25) is 0 Å². The van der Waals surface area contributed by atoms with Gasteiger partial charge in [-0.15, -0.1) is 0 Å². The second kappa shape index (κ2) is 21.8. The van der Waals surface area contributed by atoms with Crippen molar-refractivity contribution in [2.24, 2.45) is 5.92 Å². The van der Waals surface area contributed by atoms with Crippen LogP contribution in [0, 0.1) is 5.92 Å². The van der Waals surface area contributed by atoms with Crippen molar-refractivity contribution in [3.8, 4) is 5.75 Å². The van der Waals surface area contributed by atoms with Gasteiger partial charge in [0.2, 0.25) is 6.23 Å². The lowest BCUT2D eigenvalue weighted by atomic mass is 10.1. The lowest BCUT2D eigenvalue weighted by molar-refractivity contribution is -0.171. The normalized spacial score (nSPS) is 18.8. The molecule has 4 aromatic rings. The first-order valence-corrected chi connectivity index (χ1v) is 21.0. The van der Waals surface area contributed by atoms with E-state index in [9.17, 15) is 28.5 Å². The molecule has 1 aliphatic rings. The molecule has 5 rings (SSSR count). The van der Waals surface area contributed by atoms with Crippen LogP contribution in [0.1, 0.15) is 45.0 Å². The largest absolute Gasteiger partial charge is 0.460 e. The van der Waals surface area contributed by atoms with Gasteiger partial charge in [0.15, 0.2) is 18.0 Å². The Morgan fingerprint density at radius 1 is 0.855 bits per heavy atom. The van der Waals surface area contributed by atoms with E-state index in [1.54, 1.807) is 86.6 Å². The zero-order chi connectivity index (χ0) is 44.9. The van der Waals surface area contributed by atoms with Gasteiger partial charge in [0.25, 0.3) is 0 Å². The summed E-state index contributed by atoms with van der Waals surface area (Å²) in [6, 6.07) is 24.7. The minimum Gasteiger partial charge on any atom is -0.460 e. The summed E-state index contributed by atoms with van der Waals surface area (Å²) in [6.07, 6.45) is -6.81. The number of carbonyl (C=O) groups is 4. The van der Waals surface area contributed by atoms with Crippen molar-refractivity contribution < 1.29 is 65.3 Å². The zero-order valence-electron chi connectivity index (χ0n) is 34.2. The Labute approximate surface area is 355 Å². The van der Waals surface area contributed by atoms with E-state index in [-0.39, 0.29) is 30.6 Å². The average molecular weight is 885 g/mol. The number of aromatic nitrogens is 2. The number of ketones is 1. The van der Waals surface area contributed by atoms with Gasteiger partial charge in [-0.2, -0.15) is 18.9 Å². The predicted molar refractivity (Wildman–Crippen MR) is 217 cm³/mol. The Balaban J connectivity index is 1.33. The van der Waals surface area contributed by atoms with Gasteiger partial charge in [-0.25, -0.2) is 14.2 Å². The van der Waals surface area contributed by atoms with Crippen molar-refractivity contribution in [3.05, 3.63) is 125 Å². The smallest absolute Gasteiger partial charge is 0.459 e. The first kappa shape index (κ1) is 47.2. The third kappa shape index (κ3) is 13.3. The summed E-state index contributed by atoms with van der Waals surface area (Å²) in [4.78, 5) is 67.4. The SMILES string of the molecule is CC(C)C(=O)[C@H](C)OC(=O)[C@H](C)NP(=O)(OC[C@H]1O[C@@H](n2ccc(NCC(=O)OCc3ccccc3)nc2=O)C(F)(F)[C@@H]1OCC(=O)OCc1ccccc1)Oc1ccccc1. The summed E-state index contributed by atoms with van der Waals surface area (Å²) in [5.41, 5.74) is 0.144. The van der Waals surface area contributed by atoms with Crippen LogP contribution in [0.3, 0.4) is 0 Å². The van der Waals surface area contributed by atoms with Crippen LogP contribution < -0.4 is 20.6 Å². The van der Waals surface area contributed by atoms with Crippen LogP contribution in [0.25, 0.3) is 0 Å². The Bertz CT molecular complexity index is 2240. The number of benzene rings is 3. The molecule has 1 aliphatic heterocycles. The van der Waals surface area contributed by atoms with Crippen molar-refractivity contribution in [1.29, 1.82) is 0 Å². The first-order chi connectivity index (χ1) is 29.5. The maximum absolute atomic E-state index is 16.5. The molecule has 20 heteroatoms. The fourth-order valence-electron chi connectivity index (χ4n) is 5.87. The number of hydrogen-bond acceptors (Lipinski definition) is 15. The van der Waals surface area contributed by atoms with Gasteiger partial charge in [0.1, 0.15) is 50.1 Å². The number of esters is 3. The molecule has 332 valence electrons. The van der Waals surface area contributed by atoms with E-state index in [0.717, 1.165) is 17.8 Å². The molecule has 17 nitrogen and oxygen atoms in total. The molecule has 1 aromatic heterocycles. The maximum atomic E-state index is 16.5. The van der Waals surface area contributed by atoms with Crippen molar-refractivity contribution in [2.45, 2.75) is 77.4 Å². The molecule has 2 heterocycles. The van der Waals surface area contributed by atoms with Crippen LogP contribution in [0.5, 0.6) is 5.75 Å². The molecule has 3 aromatic carbocycles. The van der Waals surface area contributed by atoms with Crippen molar-refractivity contribution in [1.82, 2.24) is 14.6 Å². The molecule has 2 N–H and O–H groups in total. The number of nitrogens with zero attached hydrogens (tertiary/aromatic N) is 2. The number of ether oxygens (including phenoxy) is 5. The average Bonchev–Trinajstić information content (AvgIpc) is 3.51. The number of anilines is 1. The van der Waals surface area contributed by atoms with Crippen molar-refractivity contribution >= 4 is 37.3 Å². The summed E-state index contributed by atoms with van der Waals surface area (Å²) < 4.78 is 85.7. The third-order valence-corrected chi connectivity index (χ3v) is 10.7. The van der Waals surface area contributed by atoms with Gasteiger partial charge in [0.05, 0.1) is 6.61 Å². The maximum Gasteiger partial charge on any atom is 0.459 e. The molecular weight excluding hydrogens is 837 g/mol. The molecule has 1 fully saturated rings. The van der Waals surface area contributed by atoms with E-state index in [0.29, 0.717) is 10.1 Å². The van der Waals surface area contributed by atoms with Crippen LogP contribution in [-0.2, 0) is 65.2 Å². The number of nitrogens with one attached hydrogen (secondary N) is 2. The molecule has 0 aliphatic carbocycles. The van der Waals surface area contributed by atoms with Crippen LogP contribution in [0.4, 0.5) is 14.6 Å². The quantitative estimate of drug-likeness (QED) is 0.0575. The molecule has 0 amide bonds. The summed E-state index contributed by atoms with van der Waals surface area (Å²) >= 11 is 0.